The van der Waals surface area contributed by atoms with Gasteiger partial charge in [-0.15, -0.1) is 0 Å². The summed E-state index contributed by atoms with van der Waals surface area (Å²) < 4.78 is 33.4. The molecule has 0 saturated carbocycles. The summed E-state index contributed by atoms with van der Waals surface area (Å²) >= 11 is 0. The molecule has 23 heavy (non-hydrogen) atoms. The molecule has 0 aromatic heterocycles. The summed E-state index contributed by atoms with van der Waals surface area (Å²) in [5, 5.41) is 21.3. The second-order valence-electron chi connectivity index (χ2n) is 3.87. The molecule has 0 radical (unpaired) electrons. The Balaban J connectivity index is 0. The number of hydrogen-bond donors (Lipinski definition) is 0. The Morgan fingerprint density at radius 3 is 1.74 bits per heavy atom. The van der Waals surface area contributed by atoms with Gasteiger partial charge in [0.25, 0.3) is 0 Å². The number of aromatic carboxylic acids is 2. The molecule has 2 rings (SSSR count). The van der Waals surface area contributed by atoms with Crippen molar-refractivity contribution in [2.75, 3.05) is 0 Å². The molecule has 0 heterocycles. The van der Waals surface area contributed by atoms with Crippen molar-refractivity contribution in [3.05, 3.63) is 41.5 Å². The Labute approximate surface area is 198 Å². The van der Waals surface area contributed by atoms with Crippen LogP contribution in [0.15, 0.2) is 35.2 Å². The van der Waals surface area contributed by atoms with Gasteiger partial charge in [-0.2, -0.15) is 0 Å². The minimum atomic E-state index is -4.89. The van der Waals surface area contributed by atoms with Crippen LogP contribution in [0, 0.1) is 0 Å². The van der Waals surface area contributed by atoms with Gasteiger partial charge in [0.05, 0.1) is 16.8 Å². The fourth-order valence-corrected chi connectivity index (χ4v) is 2.61. The number of rotatable bonds is 3. The molecule has 0 bridgehead atoms. The molecule has 2 aromatic carbocycles. The van der Waals surface area contributed by atoms with Crippen molar-refractivity contribution in [3.63, 3.8) is 0 Å². The van der Waals surface area contributed by atoms with E-state index in [1.54, 1.807) is 0 Å². The molecule has 7 nitrogen and oxygen atoms in total. The zero-order valence-electron chi connectivity index (χ0n) is 12.7. The number of benzene rings is 2. The Kier molecular flexibility index (Phi) is 11.1. The molecular formula is C12H5Na3O7S. The second kappa shape index (κ2) is 9.88. The second-order valence-corrected chi connectivity index (χ2v) is 5.22. The van der Waals surface area contributed by atoms with E-state index in [1.807, 2.05) is 0 Å². The van der Waals surface area contributed by atoms with E-state index in [9.17, 15) is 32.8 Å². The Morgan fingerprint density at radius 2 is 1.30 bits per heavy atom. The third-order valence-corrected chi connectivity index (χ3v) is 3.60. The number of carboxylic acid groups (broad SMARTS) is 2. The fourth-order valence-electron chi connectivity index (χ4n) is 1.94. The van der Waals surface area contributed by atoms with Gasteiger partial charge in [0, 0.05) is 21.9 Å². The smallest absolute Gasteiger partial charge is 0.744 e. The minimum Gasteiger partial charge on any atom is -0.744 e. The van der Waals surface area contributed by atoms with Crippen molar-refractivity contribution in [3.8, 4) is 0 Å². The molecule has 0 saturated heterocycles. The first-order valence-corrected chi connectivity index (χ1v) is 6.58. The maximum absolute atomic E-state index is 11.1. The predicted molar refractivity (Wildman–Crippen MR) is 60.6 cm³/mol. The summed E-state index contributed by atoms with van der Waals surface area (Å²) in [5.74, 6) is -3.39. The van der Waals surface area contributed by atoms with Crippen LogP contribution in [0.25, 0.3) is 10.8 Å². The number of fused-ring (bicyclic) bond motifs is 1. The fraction of sp³-hybridized carbons (Fsp3) is 0. The van der Waals surface area contributed by atoms with Gasteiger partial charge in [-0.25, -0.2) is 8.42 Å². The first-order valence-electron chi connectivity index (χ1n) is 5.18. The van der Waals surface area contributed by atoms with Crippen molar-refractivity contribution in [2.24, 2.45) is 0 Å². The number of carbonyl (C=O) groups is 2. The zero-order valence-corrected chi connectivity index (χ0v) is 19.5. The molecule has 2 aromatic rings. The molecule has 104 valence electrons. The van der Waals surface area contributed by atoms with Crippen LogP contribution in [0.2, 0.25) is 0 Å². The average Bonchev–Trinajstić information content (AvgIpc) is 2.34. The van der Waals surface area contributed by atoms with E-state index in [1.165, 1.54) is 6.07 Å². The number of carbonyl (C=O) groups excluding carboxylic acids is 2. The number of carboxylic acids is 2. The van der Waals surface area contributed by atoms with Crippen LogP contribution in [0.5, 0.6) is 0 Å². The van der Waals surface area contributed by atoms with Crippen LogP contribution in [0.1, 0.15) is 20.7 Å². The predicted octanol–water partition coefficient (Wildman–Crippen LogP) is -10.5. The first-order chi connectivity index (χ1) is 9.23. The van der Waals surface area contributed by atoms with Gasteiger partial charge in [0.1, 0.15) is 10.1 Å². The van der Waals surface area contributed by atoms with E-state index in [2.05, 4.69) is 0 Å². The summed E-state index contributed by atoms with van der Waals surface area (Å²) in [7, 11) is -4.89. The van der Waals surface area contributed by atoms with Gasteiger partial charge < -0.3 is 24.4 Å². The molecule has 0 N–H and O–H groups in total. The molecule has 0 spiro atoms. The van der Waals surface area contributed by atoms with E-state index < -0.39 is 43.5 Å². The SMILES string of the molecule is O=C([O-])c1cccc2c(S(=O)(=O)[O-])ccc(C(=O)[O-])c12.[Na+].[Na+].[Na+]. The quantitative estimate of drug-likeness (QED) is 0.390. The molecule has 0 atom stereocenters. The molecule has 0 aliphatic carbocycles. The maximum atomic E-state index is 11.1. The molecule has 0 aliphatic heterocycles. The molecule has 11 heteroatoms. The molecule has 0 aliphatic rings. The van der Waals surface area contributed by atoms with Crippen molar-refractivity contribution < 1.29 is 121 Å². The van der Waals surface area contributed by atoms with Crippen molar-refractivity contribution in [1.82, 2.24) is 0 Å². The summed E-state index contributed by atoms with van der Waals surface area (Å²) in [6, 6.07) is 4.98. The van der Waals surface area contributed by atoms with E-state index in [0.717, 1.165) is 24.3 Å². The van der Waals surface area contributed by atoms with Crippen LogP contribution >= 0.6 is 0 Å². The minimum absolute atomic E-state index is 0. The standard InChI is InChI=1S/C12H8O7S.3Na/c13-11(14)7-3-1-2-6-9(20(17,18)19)5-4-8(10(6)7)12(15)16;;;/h1-5H,(H,13,14)(H,15,16)(H,17,18,19);;;/q;3*+1/p-3. The topological polar surface area (TPSA) is 137 Å². The van der Waals surface area contributed by atoms with Crippen LogP contribution < -0.4 is 98.9 Å². The molecule has 0 fully saturated rings. The Morgan fingerprint density at radius 1 is 0.826 bits per heavy atom. The van der Waals surface area contributed by atoms with Gasteiger partial charge in [-0.3, -0.25) is 0 Å². The summed E-state index contributed by atoms with van der Waals surface area (Å²) in [6.45, 7) is 0. The number of hydrogen-bond acceptors (Lipinski definition) is 7. The first kappa shape index (κ1) is 25.8. The zero-order chi connectivity index (χ0) is 15.1. The summed E-state index contributed by atoms with van der Waals surface area (Å²) in [5.41, 5.74) is -1.07. The largest absolute Gasteiger partial charge is 1.00 e. The molecule has 0 unspecified atom stereocenters. The normalized spacial score (nSPS) is 9.96. The van der Waals surface area contributed by atoms with E-state index in [-0.39, 0.29) is 94.1 Å². The van der Waals surface area contributed by atoms with Crippen LogP contribution in [-0.2, 0) is 10.1 Å². The van der Waals surface area contributed by atoms with E-state index in [4.69, 9.17) is 0 Å². The molecule has 0 amide bonds. The molecular weight excluding hydrogens is 357 g/mol. The van der Waals surface area contributed by atoms with Gasteiger partial charge in [-0.1, -0.05) is 24.3 Å². The third-order valence-electron chi connectivity index (χ3n) is 2.71. The van der Waals surface area contributed by atoms with Gasteiger partial charge in [0.15, 0.2) is 0 Å². The summed E-state index contributed by atoms with van der Waals surface area (Å²) in [4.78, 5) is 21.3. The average molecular weight is 362 g/mol. The monoisotopic (exact) mass is 362 g/mol. The van der Waals surface area contributed by atoms with Crippen LogP contribution in [0.4, 0.5) is 0 Å². The van der Waals surface area contributed by atoms with Crippen molar-refractivity contribution in [2.45, 2.75) is 4.90 Å². The van der Waals surface area contributed by atoms with E-state index >= 15 is 0 Å². The third kappa shape index (κ3) is 5.52. The summed E-state index contributed by atoms with van der Waals surface area (Å²) in [6.07, 6.45) is 0. The van der Waals surface area contributed by atoms with Crippen molar-refractivity contribution >= 4 is 32.8 Å². The van der Waals surface area contributed by atoms with Crippen LogP contribution in [-0.4, -0.2) is 24.9 Å². The van der Waals surface area contributed by atoms with Gasteiger partial charge in [0.2, 0.25) is 0 Å². The van der Waals surface area contributed by atoms with Crippen LogP contribution in [0.3, 0.4) is 0 Å². The van der Waals surface area contributed by atoms with Gasteiger partial charge >= 0.3 is 88.7 Å². The Hall–Kier alpha value is 0.550. The van der Waals surface area contributed by atoms with Gasteiger partial charge in [-0.05, 0) is 6.07 Å². The van der Waals surface area contributed by atoms with E-state index in [0.29, 0.717) is 0 Å². The Bertz CT molecular complexity index is 829. The van der Waals surface area contributed by atoms with Crippen molar-refractivity contribution in [1.29, 1.82) is 0 Å². The maximum Gasteiger partial charge on any atom is 1.00 e.